The SMILES string of the molecule is Cc1ccc(Oc2ccccc2[C@@H](C)O)cc1C. The van der Waals surface area contributed by atoms with Crippen LogP contribution in [0.15, 0.2) is 42.5 Å². The van der Waals surface area contributed by atoms with Gasteiger partial charge in [0.1, 0.15) is 11.5 Å². The largest absolute Gasteiger partial charge is 0.457 e. The van der Waals surface area contributed by atoms with E-state index in [1.165, 1.54) is 11.1 Å². The molecule has 0 aliphatic heterocycles. The summed E-state index contributed by atoms with van der Waals surface area (Å²) in [6, 6.07) is 13.5. The summed E-state index contributed by atoms with van der Waals surface area (Å²) in [4.78, 5) is 0. The quantitative estimate of drug-likeness (QED) is 0.876. The summed E-state index contributed by atoms with van der Waals surface area (Å²) in [5.74, 6) is 1.50. The molecule has 0 unspecified atom stereocenters. The number of rotatable bonds is 3. The van der Waals surface area contributed by atoms with Crippen molar-refractivity contribution in [3.05, 3.63) is 59.2 Å². The molecule has 2 nitrogen and oxygen atoms in total. The first-order chi connectivity index (χ1) is 8.58. The molecule has 0 aromatic heterocycles. The van der Waals surface area contributed by atoms with Gasteiger partial charge in [0.15, 0.2) is 0 Å². The van der Waals surface area contributed by atoms with Gasteiger partial charge in [-0.1, -0.05) is 24.3 Å². The lowest BCUT2D eigenvalue weighted by Gasteiger charge is -2.13. The highest BCUT2D eigenvalue weighted by molar-refractivity contribution is 5.41. The molecular formula is C16H18O2. The van der Waals surface area contributed by atoms with Crippen molar-refractivity contribution in [1.82, 2.24) is 0 Å². The standard InChI is InChI=1S/C16H18O2/c1-11-8-9-14(10-12(11)2)18-16-7-5-4-6-15(16)13(3)17/h4-10,13,17H,1-3H3/t13-/m1/s1. The summed E-state index contributed by atoms with van der Waals surface area (Å²) in [5.41, 5.74) is 3.24. The number of aliphatic hydroxyl groups is 1. The number of hydrogen-bond acceptors (Lipinski definition) is 2. The van der Waals surface area contributed by atoms with Gasteiger partial charge in [-0.3, -0.25) is 0 Å². The lowest BCUT2D eigenvalue weighted by Crippen LogP contribution is -1.96. The van der Waals surface area contributed by atoms with Crippen molar-refractivity contribution in [1.29, 1.82) is 0 Å². The highest BCUT2D eigenvalue weighted by Gasteiger charge is 2.09. The number of hydrogen-bond donors (Lipinski definition) is 1. The van der Waals surface area contributed by atoms with Crippen LogP contribution in [0, 0.1) is 13.8 Å². The summed E-state index contributed by atoms with van der Waals surface area (Å²) >= 11 is 0. The Morgan fingerprint density at radius 2 is 1.72 bits per heavy atom. The second-order valence-electron chi connectivity index (χ2n) is 4.56. The van der Waals surface area contributed by atoms with Crippen molar-refractivity contribution >= 4 is 0 Å². The van der Waals surface area contributed by atoms with Gasteiger partial charge in [0, 0.05) is 5.56 Å². The summed E-state index contributed by atoms with van der Waals surface area (Å²) in [6.45, 7) is 5.87. The fourth-order valence-electron chi connectivity index (χ4n) is 1.82. The van der Waals surface area contributed by atoms with Crippen LogP contribution in [0.2, 0.25) is 0 Å². The van der Waals surface area contributed by atoms with E-state index < -0.39 is 6.10 Å². The minimum Gasteiger partial charge on any atom is -0.457 e. The third-order valence-electron chi connectivity index (χ3n) is 3.08. The molecule has 0 heterocycles. The van der Waals surface area contributed by atoms with Gasteiger partial charge in [0.05, 0.1) is 6.10 Å². The molecule has 2 heteroatoms. The van der Waals surface area contributed by atoms with Crippen LogP contribution in [-0.4, -0.2) is 5.11 Å². The molecular weight excluding hydrogens is 224 g/mol. The van der Waals surface area contributed by atoms with E-state index in [1.807, 2.05) is 42.5 Å². The van der Waals surface area contributed by atoms with E-state index in [0.29, 0.717) is 5.75 Å². The second-order valence-corrected chi connectivity index (χ2v) is 4.56. The van der Waals surface area contributed by atoms with Crippen molar-refractivity contribution in [2.24, 2.45) is 0 Å². The molecule has 0 saturated carbocycles. The first-order valence-electron chi connectivity index (χ1n) is 6.10. The molecule has 0 saturated heterocycles. The van der Waals surface area contributed by atoms with Crippen LogP contribution < -0.4 is 4.74 Å². The number of para-hydroxylation sites is 1. The maximum atomic E-state index is 9.70. The monoisotopic (exact) mass is 242 g/mol. The van der Waals surface area contributed by atoms with Crippen LogP contribution in [-0.2, 0) is 0 Å². The molecule has 18 heavy (non-hydrogen) atoms. The molecule has 2 aromatic rings. The predicted molar refractivity (Wildman–Crippen MR) is 73.1 cm³/mol. The molecule has 0 aliphatic rings. The Hall–Kier alpha value is -1.80. The maximum absolute atomic E-state index is 9.70. The summed E-state index contributed by atoms with van der Waals surface area (Å²) < 4.78 is 5.85. The zero-order chi connectivity index (χ0) is 13.1. The van der Waals surface area contributed by atoms with Crippen LogP contribution in [0.3, 0.4) is 0 Å². The van der Waals surface area contributed by atoms with Crippen LogP contribution in [0.5, 0.6) is 11.5 Å². The average molecular weight is 242 g/mol. The Balaban J connectivity index is 2.31. The molecule has 0 spiro atoms. The fourth-order valence-corrected chi connectivity index (χ4v) is 1.82. The number of aliphatic hydroxyl groups excluding tert-OH is 1. The van der Waals surface area contributed by atoms with Crippen LogP contribution in [0.4, 0.5) is 0 Å². The van der Waals surface area contributed by atoms with E-state index >= 15 is 0 Å². The average Bonchev–Trinajstić information content (AvgIpc) is 2.34. The smallest absolute Gasteiger partial charge is 0.133 e. The Morgan fingerprint density at radius 3 is 2.39 bits per heavy atom. The Morgan fingerprint density at radius 1 is 1.00 bits per heavy atom. The molecule has 2 rings (SSSR count). The number of ether oxygens (including phenoxy) is 1. The van der Waals surface area contributed by atoms with Gasteiger partial charge in [-0.25, -0.2) is 0 Å². The zero-order valence-electron chi connectivity index (χ0n) is 11.0. The van der Waals surface area contributed by atoms with E-state index in [9.17, 15) is 5.11 Å². The van der Waals surface area contributed by atoms with Crippen molar-refractivity contribution < 1.29 is 9.84 Å². The lowest BCUT2D eigenvalue weighted by molar-refractivity contribution is 0.195. The van der Waals surface area contributed by atoms with Crippen LogP contribution >= 0.6 is 0 Å². The molecule has 94 valence electrons. The van der Waals surface area contributed by atoms with Gasteiger partial charge >= 0.3 is 0 Å². The molecule has 1 N–H and O–H groups in total. The van der Waals surface area contributed by atoms with Gasteiger partial charge in [-0.15, -0.1) is 0 Å². The van der Waals surface area contributed by atoms with E-state index in [0.717, 1.165) is 11.3 Å². The zero-order valence-corrected chi connectivity index (χ0v) is 11.0. The summed E-state index contributed by atoms with van der Waals surface area (Å²) in [5, 5.41) is 9.70. The molecule has 0 radical (unpaired) electrons. The third kappa shape index (κ3) is 2.71. The van der Waals surface area contributed by atoms with Crippen molar-refractivity contribution in [2.45, 2.75) is 26.9 Å². The highest BCUT2D eigenvalue weighted by Crippen LogP contribution is 2.30. The minimum atomic E-state index is -0.534. The molecule has 0 aliphatic carbocycles. The first kappa shape index (κ1) is 12.7. The number of aryl methyl sites for hydroxylation is 2. The van der Waals surface area contributed by atoms with E-state index in [1.54, 1.807) is 6.92 Å². The topological polar surface area (TPSA) is 29.5 Å². The van der Waals surface area contributed by atoms with Crippen LogP contribution in [0.25, 0.3) is 0 Å². The van der Waals surface area contributed by atoms with E-state index in [4.69, 9.17) is 4.74 Å². The molecule has 1 atom stereocenters. The Kier molecular flexibility index (Phi) is 3.68. The third-order valence-corrected chi connectivity index (χ3v) is 3.08. The van der Waals surface area contributed by atoms with Crippen LogP contribution in [0.1, 0.15) is 29.7 Å². The first-order valence-corrected chi connectivity index (χ1v) is 6.10. The van der Waals surface area contributed by atoms with Crippen molar-refractivity contribution in [3.8, 4) is 11.5 Å². The molecule has 0 bridgehead atoms. The molecule has 0 fully saturated rings. The second kappa shape index (κ2) is 5.23. The van der Waals surface area contributed by atoms with Gasteiger partial charge < -0.3 is 9.84 Å². The minimum absolute atomic E-state index is 0.534. The van der Waals surface area contributed by atoms with Crippen molar-refractivity contribution in [3.63, 3.8) is 0 Å². The Labute approximate surface area is 108 Å². The fraction of sp³-hybridized carbons (Fsp3) is 0.250. The van der Waals surface area contributed by atoms with Gasteiger partial charge in [-0.05, 0) is 50.1 Å². The van der Waals surface area contributed by atoms with E-state index in [2.05, 4.69) is 13.8 Å². The van der Waals surface area contributed by atoms with Gasteiger partial charge in [-0.2, -0.15) is 0 Å². The molecule has 0 amide bonds. The van der Waals surface area contributed by atoms with Crippen molar-refractivity contribution in [2.75, 3.05) is 0 Å². The highest BCUT2D eigenvalue weighted by atomic mass is 16.5. The normalized spacial score (nSPS) is 12.2. The maximum Gasteiger partial charge on any atom is 0.133 e. The van der Waals surface area contributed by atoms with Gasteiger partial charge in [0.2, 0.25) is 0 Å². The Bertz CT molecular complexity index is 545. The van der Waals surface area contributed by atoms with Gasteiger partial charge in [0.25, 0.3) is 0 Å². The van der Waals surface area contributed by atoms with E-state index in [-0.39, 0.29) is 0 Å². The predicted octanol–water partition coefficient (Wildman–Crippen LogP) is 4.15. The summed E-state index contributed by atoms with van der Waals surface area (Å²) in [7, 11) is 0. The lowest BCUT2D eigenvalue weighted by atomic mass is 10.1. The summed E-state index contributed by atoms with van der Waals surface area (Å²) in [6.07, 6.45) is -0.534. The number of benzene rings is 2. The molecule has 2 aromatic carbocycles.